The van der Waals surface area contributed by atoms with E-state index < -0.39 is 4.92 Å². The van der Waals surface area contributed by atoms with Gasteiger partial charge in [-0.1, -0.05) is 6.07 Å². The molecule has 3 rings (SSSR count). The highest BCUT2D eigenvalue weighted by Gasteiger charge is 2.12. The Hall–Kier alpha value is -3.75. The molecule has 0 unspecified atom stereocenters. The molecule has 26 heavy (non-hydrogen) atoms. The number of carbonyl (C=O) groups is 1. The van der Waals surface area contributed by atoms with Gasteiger partial charge >= 0.3 is 0 Å². The first kappa shape index (κ1) is 17.1. The van der Waals surface area contributed by atoms with Gasteiger partial charge in [0.15, 0.2) is 0 Å². The van der Waals surface area contributed by atoms with Gasteiger partial charge in [0.2, 0.25) is 5.88 Å². The SMILES string of the molecule is Cc1cc(C(=O)Nc2cccc(Oc3ccc([N+](=O)[O-])cn3)c2)n(C)n1. The number of rotatable bonds is 5. The van der Waals surface area contributed by atoms with Crippen molar-refractivity contribution >= 4 is 17.3 Å². The van der Waals surface area contributed by atoms with Crippen molar-refractivity contribution in [3.63, 3.8) is 0 Å². The maximum absolute atomic E-state index is 12.3. The average Bonchev–Trinajstić information content (AvgIpc) is 2.94. The number of pyridine rings is 1. The second-order valence-corrected chi connectivity index (χ2v) is 5.49. The van der Waals surface area contributed by atoms with E-state index in [9.17, 15) is 14.9 Å². The summed E-state index contributed by atoms with van der Waals surface area (Å²) < 4.78 is 7.07. The lowest BCUT2D eigenvalue weighted by molar-refractivity contribution is -0.385. The Morgan fingerprint density at radius 2 is 2.08 bits per heavy atom. The minimum absolute atomic E-state index is 0.121. The fraction of sp³-hybridized carbons (Fsp3) is 0.118. The summed E-state index contributed by atoms with van der Waals surface area (Å²) in [5, 5.41) is 17.6. The number of carbonyl (C=O) groups excluding carboxylic acids is 1. The van der Waals surface area contributed by atoms with E-state index in [4.69, 9.17) is 4.74 Å². The van der Waals surface area contributed by atoms with E-state index in [1.807, 2.05) is 6.92 Å². The van der Waals surface area contributed by atoms with E-state index in [1.165, 1.54) is 16.8 Å². The van der Waals surface area contributed by atoms with Gasteiger partial charge < -0.3 is 10.1 Å². The third-order valence-corrected chi connectivity index (χ3v) is 3.48. The van der Waals surface area contributed by atoms with Crippen molar-refractivity contribution in [3.05, 3.63) is 70.2 Å². The molecule has 3 aromatic rings. The summed E-state index contributed by atoms with van der Waals surface area (Å²) in [7, 11) is 1.70. The molecule has 9 heteroatoms. The second-order valence-electron chi connectivity index (χ2n) is 5.49. The Labute approximate surface area is 148 Å². The highest BCUT2D eigenvalue weighted by Crippen LogP contribution is 2.24. The molecular formula is C17H15N5O4. The fourth-order valence-corrected chi connectivity index (χ4v) is 2.32. The van der Waals surface area contributed by atoms with Crippen LogP contribution in [0.15, 0.2) is 48.7 Å². The zero-order valence-corrected chi connectivity index (χ0v) is 14.0. The largest absolute Gasteiger partial charge is 0.439 e. The van der Waals surface area contributed by atoms with Gasteiger partial charge in [0.05, 0.1) is 10.6 Å². The van der Waals surface area contributed by atoms with Gasteiger partial charge in [-0.15, -0.1) is 0 Å². The minimum atomic E-state index is -0.535. The van der Waals surface area contributed by atoms with Crippen molar-refractivity contribution in [2.75, 3.05) is 5.32 Å². The van der Waals surface area contributed by atoms with E-state index in [-0.39, 0.29) is 17.5 Å². The number of ether oxygens (including phenoxy) is 1. The topological polar surface area (TPSA) is 112 Å². The molecule has 0 saturated carbocycles. The van der Waals surface area contributed by atoms with Crippen LogP contribution in [0.4, 0.5) is 11.4 Å². The molecule has 9 nitrogen and oxygen atoms in total. The summed E-state index contributed by atoms with van der Waals surface area (Å²) in [6.07, 6.45) is 1.12. The van der Waals surface area contributed by atoms with Gasteiger partial charge in [0, 0.05) is 30.9 Å². The Morgan fingerprint density at radius 3 is 2.69 bits per heavy atom. The zero-order chi connectivity index (χ0) is 18.7. The standard InChI is InChI=1S/C17H15N5O4/c1-11-8-15(21(2)20-11)17(23)19-12-4-3-5-14(9-12)26-16-7-6-13(10-18-16)22(24)25/h3-10H,1-2H3,(H,19,23). The monoisotopic (exact) mass is 353 g/mol. The van der Waals surface area contributed by atoms with Crippen molar-refractivity contribution < 1.29 is 14.5 Å². The number of benzene rings is 1. The Kier molecular flexibility index (Phi) is 4.61. The molecule has 0 spiro atoms. The van der Waals surface area contributed by atoms with Crippen molar-refractivity contribution in [1.82, 2.24) is 14.8 Å². The molecule has 0 radical (unpaired) electrons. The van der Waals surface area contributed by atoms with Crippen molar-refractivity contribution in [1.29, 1.82) is 0 Å². The molecule has 2 aromatic heterocycles. The van der Waals surface area contributed by atoms with Crippen LogP contribution in [0.1, 0.15) is 16.2 Å². The number of nitrogens with zero attached hydrogens (tertiary/aromatic N) is 4. The van der Waals surface area contributed by atoms with E-state index in [0.717, 1.165) is 11.9 Å². The highest BCUT2D eigenvalue weighted by atomic mass is 16.6. The maximum atomic E-state index is 12.3. The molecule has 2 heterocycles. The van der Waals surface area contributed by atoms with Gasteiger partial charge in [0.25, 0.3) is 11.6 Å². The lowest BCUT2D eigenvalue weighted by Gasteiger charge is -2.08. The van der Waals surface area contributed by atoms with Crippen LogP contribution >= 0.6 is 0 Å². The molecule has 1 aromatic carbocycles. The van der Waals surface area contributed by atoms with Crippen LogP contribution in [0.3, 0.4) is 0 Å². The third-order valence-electron chi connectivity index (χ3n) is 3.48. The summed E-state index contributed by atoms with van der Waals surface area (Å²) in [6, 6.07) is 11.1. The van der Waals surface area contributed by atoms with Crippen LogP contribution < -0.4 is 10.1 Å². The molecule has 0 bridgehead atoms. The quantitative estimate of drug-likeness (QED) is 0.557. The molecule has 0 saturated heterocycles. The maximum Gasteiger partial charge on any atom is 0.287 e. The molecule has 0 aliphatic carbocycles. The van der Waals surface area contributed by atoms with Crippen molar-refractivity contribution in [2.24, 2.45) is 7.05 Å². The Bertz CT molecular complexity index is 966. The molecule has 0 aliphatic heterocycles. The van der Waals surface area contributed by atoms with Gasteiger partial charge in [0.1, 0.15) is 17.6 Å². The number of aryl methyl sites for hydroxylation is 2. The van der Waals surface area contributed by atoms with Crippen molar-refractivity contribution in [2.45, 2.75) is 6.92 Å². The number of anilines is 1. The zero-order valence-electron chi connectivity index (χ0n) is 14.0. The number of hydrogen-bond donors (Lipinski definition) is 1. The lowest BCUT2D eigenvalue weighted by Crippen LogP contribution is -2.16. The normalized spacial score (nSPS) is 10.4. The number of nitrogens with one attached hydrogen (secondary N) is 1. The van der Waals surface area contributed by atoms with E-state index in [2.05, 4.69) is 15.4 Å². The van der Waals surface area contributed by atoms with Gasteiger partial charge in [-0.25, -0.2) is 4.98 Å². The van der Waals surface area contributed by atoms with Crippen LogP contribution in [-0.4, -0.2) is 25.6 Å². The first-order valence-electron chi connectivity index (χ1n) is 7.63. The first-order chi connectivity index (χ1) is 12.4. The fourth-order valence-electron chi connectivity index (χ4n) is 2.32. The smallest absolute Gasteiger partial charge is 0.287 e. The molecule has 0 fully saturated rings. The number of hydrogen-bond acceptors (Lipinski definition) is 6. The molecule has 0 atom stereocenters. The average molecular weight is 353 g/mol. The Balaban J connectivity index is 1.72. The summed E-state index contributed by atoms with van der Waals surface area (Å²) >= 11 is 0. The van der Waals surface area contributed by atoms with Gasteiger partial charge in [-0.2, -0.15) is 5.10 Å². The third kappa shape index (κ3) is 3.83. The van der Waals surface area contributed by atoms with Gasteiger partial charge in [-0.05, 0) is 25.1 Å². The number of nitro groups is 1. The van der Waals surface area contributed by atoms with E-state index in [1.54, 1.807) is 37.4 Å². The predicted molar refractivity (Wildman–Crippen MR) is 93.3 cm³/mol. The lowest BCUT2D eigenvalue weighted by atomic mass is 10.3. The van der Waals surface area contributed by atoms with Crippen LogP contribution in [0.5, 0.6) is 11.6 Å². The highest BCUT2D eigenvalue weighted by molar-refractivity contribution is 6.03. The second kappa shape index (κ2) is 7.01. The van der Waals surface area contributed by atoms with Crippen LogP contribution in [-0.2, 0) is 7.05 Å². The molecule has 0 aliphatic rings. The van der Waals surface area contributed by atoms with Crippen LogP contribution in [0.2, 0.25) is 0 Å². The molecule has 1 N–H and O–H groups in total. The Morgan fingerprint density at radius 1 is 1.27 bits per heavy atom. The molecular weight excluding hydrogens is 338 g/mol. The molecule has 1 amide bonds. The number of amides is 1. The summed E-state index contributed by atoms with van der Waals surface area (Å²) in [5.41, 5.74) is 1.60. The van der Waals surface area contributed by atoms with Gasteiger partial charge in [-0.3, -0.25) is 19.6 Å². The summed E-state index contributed by atoms with van der Waals surface area (Å²) in [6.45, 7) is 1.81. The van der Waals surface area contributed by atoms with Crippen LogP contribution in [0, 0.1) is 17.0 Å². The number of aromatic nitrogens is 3. The first-order valence-corrected chi connectivity index (χ1v) is 7.63. The molecule has 132 valence electrons. The van der Waals surface area contributed by atoms with E-state index in [0.29, 0.717) is 17.1 Å². The minimum Gasteiger partial charge on any atom is -0.439 e. The summed E-state index contributed by atoms with van der Waals surface area (Å²) in [5.74, 6) is 0.352. The van der Waals surface area contributed by atoms with E-state index >= 15 is 0 Å². The van der Waals surface area contributed by atoms with Crippen molar-refractivity contribution in [3.8, 4) is 11.6 Å². The summed E-state index contributed by atoms with van der Waals surface area (Å²) in [4.78, 5) is 26.3. The van der Waals surface area contributed by atoms with Crippen LogP contribution in [0.25, 0.3) is 0 Å². The predicted octanol–water partition coefficient (Wildman–Crippen LogP) is 3.08.